The van der Waals surface area contributed by atoms with Crippen molar-refractivity contribution in [2.75, 3.05) is 20.3 Å². The Hall–Kier alpha value is -1.76. The van der Waals surface area contributed by atoms with E-state index in [-0.39, 0.29) is 40.2 Å². The van der Waals surface area contributed by atoms with E-state index in [9.17, 15) is 50.4 Å². The van der Waals surface area contributed by atoms with Crippen molar-refractivity contribution < 1.29 is 74.1 Å². The predicted molar refractivity (Wildman–Crippen MR) is 204 cm³/mol. The summed E-state index contributed by atoms with van der Waals surface area (Å²) < 4.78 is 29.3. The van der Waals surface area contributed by atoms with Crippen molar-refractivity contribution in [3.8, 4) is 0 Å². The Kier molecular flexibility index (Phi) is 11.6. The molecule has 4 saturated carbocycles. The van der Waals surface area contributed by atoms with Gasteiger partial charge >= 0.3 is 11.9 Å². The van der Waals surface area contributed by atoms with Crippen LogP contribution >= 0.6 is 0 Å². The van der Waals surface area contributed by atoms with Crippen LogP contribution in [-0.4, -0.2) is 141 Å². The molecule has 2 heterocycles. The predicted octanol–water partition coefficient (Wildman–Crippen LogP) is 2.04. The zero-order chi connectivity index (χ0) is 42.5. The minimum Gasteiger partial charge on any atom is -0.481 e. The van der Waals surface area contributed by atoms with Gasteiger partial charge in [-0.15, -0.1) is 0 Å². The van der Waals surface area contributed by atoms with Crippen LogP contribution in [0.3, 0.4) is 0 Å². The quantitative estimate of drug-likeness (QED) is 0.0993. The molecule has 19 atom stereocenters. The van der Waals surface area contributed by atoms with Crippen molar-refractivity contribution in [3.63, 3.8) is 0 Å². The highest BCUT2D eigenvalue weighted by atomic mass is 16.7. The van der Waals surface area contributed by atoms with Crippen LogP contribution < -0.4 is 0 Å². The lowest BCUT2D eigenvalue weighted by atomic mass is 9.33. The summed E-state index contributed by atoms with van der Waals surface area (Å²) in [5.41, 5.74) is -1.30. The summed E-state index contributed by atoms with van der Waals surface area (Å²) >= 11 is 0. The minimum absolute atomic E-state index is 0.107. The third-order valence-corrected chi connectivity index (χ3v) is 17.7. The number of aliphatic hydroxyl groups is 7. The average Bonchev–Trinajstić information content (AvgIpc) is 3.18. The lowest BCUT2D eigenvalue weighted by Crippen LogP contribution is -2.67. The van der Waals surface area contributed by atoms with Crippen LogP contribution in [0.25, 0.3) is 0 Å². The highest BCUT2D eigenvalue weighted by molar-refractivity contribution is 5.80. The normalized spacial score (nSPS) is 52.6. The molecule has 15 nitrogen and oxygen atoms in total. The first-order valence-electron chi connectivity index (χ1n) is 21.4. The van der Waals surface area contributed by atoms with Crippen LogP contribution in [0.4, 0.5) is 0 Å². The number of aliphatic hydroxyl groups excluding tert-OH is 7. The Labute approximate surface area is 341 Å². The van der Waals surface area contributed by atoms with E-state index >= 15 is 0 Å². The minimum atomic E-state index is -1.76. The first-order valence-corrected chi connectivity index (χ1v) is 21.4. The van der Waals surface area contributed by atoms with Crippen molar-refractivity contribution in [2.24, 2.45) is 50.2 Å². The Morgan fingerprint density at radius 1 is 0.741 bits per heavy atom. The average molecular weight is 825 g/mol. The number of esters is 1. The van der Waals surface area contributed by atoms with Crippen LogP contribution in [0.1, 0.15) is 106 Å². The fourth-order valence-electron chi connectivity index (χ4n) is 13.9. The zero-order valence-electron chi connectivity index (χ0n) is 35.1. The molecule has 2 aliphatic heterocycles. The summed E-state index contributed by atoms with van der Waals surface area (Å²) in [5, 5.41) is 83.9. The monoisotopic (exact) mass is 824 g/mol. The van der Waals surface area contributed by atoms with Gasteiger partial charge < -0.3 is 64.5 Å². The number of rotatable bonds is 8. The molecule has 0 radical (unpaired) electrons. The van der Waals surface area contributed by atoms with E-state index in [4.69, 9.17) is 23.7 Å². The molecular formula is C43H68O15. The Balaban J connectivity index is 1.10. The molecule has 6 fully saturated rings. The highest BCUT2D eigenvalue weighted by Crippen LogP contribution is 2.76. The fourth-order valence-corrected chi connectivity index (χ4v) is 13.9. The van der Waals surface area contributed by atoms with Crippen LogP contribution in [0, 0.1) is 50.2 Å². The molecule has 19 unspecified atom stereocenters. The van der Waals surface area contributed by atoms with Crippen LogP contribution in [0.5, 0.6) is 0 Å². The number of fused-ring (bicyclic) bond motifs is 7. The van der Waals surface area contributed by atoms with E-state index in [1.807, 2.05) is 6.92 Å². The summed E-state index contributed by atoms with van der Waals surface area (Å²) in [4.78, 5) is 26.3. The number of carbonyl (C=O) groups is 2. The Morgan fingerprint density at radius 2 is 1.36 bits per heavy atom. The molecule has 330 valence electrons. The van der Waals surface area contributed by atoms with Crippen molar-refractivity contribution >= 4 is 11.9 Å². The van der Waals surface area contributed by atoms with Crippen LogP contribution in [0.2, 0.25) is 0 Å². The number of methoxy groups -OCH3 is 1. The maximum atomic E-state index is 13.7. The van der Waals surface area contributed by atoms with Gasteiger partial charge in [0.05, 0.1) is 37.3 Å². The van der Waals surface area contributed by atoms with Gasteiger partial charge in [0.2, 0.25) is 0 Å². The lowest BCUT2D eigenvalue weighted by molar-refractivity contribution is -0.368. The van der Waals surface area contributed by atoms with Gasteiger partial charge in [-0.2, -0.15) is 0 Å². The SMILES string of the molecule is COC(=O)C12CCC(C)(C(=O)O)CC1C1=CCC3C4(C)CCC(OC5OC(CO)C(OC6OC(CO)C(O)C(O)C6O)C(O)C5O)C(C)(C)C4CCC3(C)C1(C)CC2. The van der Waals surface area contributed by atoms with Gasteiger partial charge in [0, 0.05) is 0 Å². The molecule has 0 bridgehead atoms. The molecule has 2 saturated heterocycles. The molecule has 0 amide bonds. The van der Waals surface area contributed by atoms with E-state index < -0.39 is 96.8 Å². The molecule has 5 aliphatic carbocycles. The van der Waals surface area contributed by atoms with Crippen molar-refractivity contribution in [1.82, 2.24) is 0 Å². The summed E-state index contributed by atoms with van der Waals surface area (Å²) in [5.74, 6) is -0.746. The van der Waals surface area contributed by atoms with Crippen molar-refractivity contribution in [2.45, 2.75) is 173 Å². The number of aliphatic carboxylic acids is 1. The van der Waals surface area contributed by atoms with Crippen LogP contribution in [-0.2, 0) is 33.3 Å². The van der Waals surface area contributed by atoms with E-state index in [2.05, 4.69) is 40.7 Å². The molecule has 15 heteroatoms. The topological polar surface area (TPSA) is 242 Å². The molecule has 7 rings (SSSR count). The maximum absolute atomic E-state index is 13.7. The van der Waals surface area contributed by atoms with Gasteiger partial charge in [-0.05, 0) is 111 Å². The highest BCUT2D eigenvalue weighted by Gasteiger charge is 2.70. The molecule has 0 aromatic rings. The molecule has 0 spiro atoms. The number of hydrogen-bond donors (Lipinski definition) is 8. The zero-order valence-corrected chi connectivity index (χ0v) is 35.1. The van der Waals surface area contributed by atoms with Gasteiger partial charge in [0.1, 0.15) is 48.8 Å². The molecule has 0 aromatic carbocycles. The van der Waals surface area contributed by atoms with Gasteiger partial charge in [-0.1, -0.05) is 46.3 Å². The third kappa shape index (κ3) is 6.38. The number of ether oxygens (including phenoxy) is 5. The first-order chi connectivity index (χ1) is 27.1. The van der Waals surface area contributed by atoms with E-state index in [1.165, 1.54) is 12.7 Å². The summed E-state index contributed by atoms with van der Waals surface area (Å²) in [6.45, 7) is 12.1. The third-order valence-electron chi connectivity index (χ3n) is 17.7. The number of allylic oxidation sites excluding steroid dienone is 2. The molecule has 58 heavy (non-hydrogen) atoms. The summed E-state index contributed by atoms with van der Waals surface area (Å²) in [6, 6.07) is 0. The molecular weight excluding hydrogens is 756 g/mol. The fraction of sp³-hybridized carbons (Fsp3) is 0.907. The van der Waals surface area contributed by atoms with Gasteiger partial charge in [-0.3, -0.25) is 9.59 Å². The van der Waals surface area contributed by atoms with Gasteiger partial charge in [-0.25, -0.2) is 0 Å². The molecule has 0 aromatic heterocycles. The molecule has 7 aliphatic rings. The largest absolute Gasteiger partial charge is 0.481 e. The lowest BCUT2D eigenvalue weighted by Gasteiger charge is -2.71. The Bertz CT molecular complexity index is 1600. The van der Waals surface area contributed by atoms with E-state index in [0.717, 1.165) is 32.1 Å². The van der Waals surface area contributed by atoms with Crippen molar-refractivity contribution in [3.05, 3.63) is 11.6 Å². The summed E-state index contributed by atoms with van der Waals surface area (Å²) in [7, 11) is 1.44. The van der Waals surface area contributed by atoms with E-state index in [1.54, 1.807) is 0 Å². The van der Waals surface area contributed by atoms with Gasteiger partial charge in [0.25, 0.3) is 0 Å². The van der Waals surface area contributed by atoms with Gasteiger partial charge in [0.15, 0.2) is 12.6 Å². The standard InChI is InChI=1S/C43H68O15/c1-38(2)25-10-13-42(6)26(9-8-21-22-18-39(3,36(51)52)14-16-43(22,37(53)54-7)17-15-41(21,42)5)40(25,4)12-11-27(38)57-34-32(50)30(48)33(24(20-45)56-34)58-35-31(49)29(47)28(46)23(19-44)55-35/h8,22-35,44-50H,9-20H2,1-7H3,(H,51,52). The number of carboxylic acids is 1. The smallest absolute Gasteiger partial charge is 0.312 e. The number of carboxylic acid groups (broad SMARTS) is 1. The second-order valence-corrected chi connectivity index (χ2v) is 20.6. The number of carbonyl (C=O) groups excluding carboxylic acids is 1. The van der Waals surface area contributed by atoms with Crippen LogP contribution in [0.15, 0.2) is 11.6 Å². The Morgan fingerprint density at radius 3 is 2.00 bits per heavy atom. The maximum Gasteiger partial charge on any atom is 0.312 e. The number of hydrogen-bond acceptors (Lipinski definition) is 14. The molecule has 8 N–H and O–H groups in total. The van der Waals surface area contributed by atoms with Crippen molar-refractivity contribution in [1.29, 1.82) is 0 Å². The summed E-state index contributed by atoms with van der Waals surface area (Å²) in [6.07, 6.45) is -6.29. The second-order valence-electron chi connectivity index (χ2n) is 20.6. The van der Waals surface area contributed by atoms with E-state index in [0.29, 0.717) is 38.0 Å². The first kappa shape index (κ1) is 44.3. The second kappa shape index (κ2) is 15.2.